The van der Waals surface area contributed by atoms with Crippen molar-refractivity contribution in [2.75, 3.05) is 19.0 Å². The van der Waals surface area contributed by atoms with Crippen LogP contribution in [-0.2, 0) is 16.0 Å². The van der Waals surface area contributed by atoms with Crippen molar-refractivity contribution < 1.29 is 9.47 Å². The number of nitrogens with zero attached hydrogens (tertiary/aromatic N) is 2. The number of fused-ring (bicyclic) bond motifs is 1. The van der Waals surface area contributed by atoms with Gasteiger partial charge in [-0.25, -0.2) is 4.98 Å². The molecule has 5 nitrogen and oxygen atoms in total. The van der Waals surface area contributed by atoms with Crippen molar-refractivity contribution in [2.45, 2.75) is 57.0 Å². The van der Waals surface area contributed by atoms with Gasteiger partial charge in [0.15, 0.2) is 5.16 Å². The van der Waals surface area contributed by atoms with Crippen LogP contribution in [0.1, 0.15) is 33.1 Å². The van der Waals surface area contributed by atoms with Crippen LogP contribution in [0.2, 0.25) is 5.02 Å². The maximum Gasteiger partial charge on any atom is 0.262 e. The van der Waals surface area contributed by atoms with Crippen LogP contribution in [-0.4, -0.2) is 40.7 Å². The number of rotatable bonds is 8. The zero-order valence-corrected chi connectivity index (χ0v) is 16.8. The van der Waals surface area contributed by atoms with Crippen LogP contribution in [0.5, 0.6) is 0 Å². The summed E-state index contributed by atoms with van der Waals surface area (Å²) in [4.78, 5) is 17.7. The van der Waals surface area contributed by atoms with E-state index < -0.39 is 0 Å². The maximum absolute atomic E-state index is 13.0. The summed E-state index contributed by atoms with van der Waals surface area (Å²) in [5.41, 5.74) is 0.623. The van der Waals surface area contributed by atoms with Gasteiger partial charge in [0.2, 0.25) is 0 Å². The lowest BCUT2D eigenvalue weighted by atomic mass is 10.2. The minimum atomic E-state index is -0.0222. The fourth-order valence-corrected chi connectivity index (χ4v) is 4.22. The minimum absolute atomic E-state index is 0.0222. The molecule has 7 heteroatoms. The molecule has 3 rings (SSSR count). The highest BCUT2D eigenvalue weighted by Gasteiger charge is 2.18. The first kappa shape index (κ1) is 19.7. The van der Waals surface area contributed by atoms with Gasteiger partial charge in [-0.15, -0.1) is 0 Å². The molecule has 1 aliphatic rings. The third-order valence-corrected chi connectivity index (χ3v) is 5.63. The Kier molecular flexibility index (Phi) is 6.98. The molecule has 142 valence electrons. The van der Waals surface area contributed by atoms with E-state index in [0.29, 0.717) is 29.1 Å². The predicted molar refractivity (Wildman–Crippen MR) is 106 cm³/mol. The van der Waals surface area contributed by atoms with Crippen molar-refractivity contribution in [1.82, 2.24) is 9.55 Å². The Morgan fingerprint density at radius 2 is 2.31 bits per heavy atom. The second kappa shape index (κ2) is 9.22. The topological polar surface area (TPSA) is 53.4 Å². The summed E-state index contributed by atoms with van der Waals surface area (Å²) in [5.74, 6) is 0.807. The van der Waals surface area contributed by atoms with Crippen molar-refractivity contribution in [2.24, 2.45) is 0 Å². The van der Waals surface area contributed by atoms with Gasteiger partial charge in [0.25, 0.3) is 5.56 Å². The summed E-state index contributed by atoms with van der Waals surface area (Å²) < 4.78 is 13.1. The quantitative estimate of drug-likeness (QED) is 0.381. The molecule has 0 spiro atoms. The van der Waals surface area contributed by atoms with E-state index in [0.717, 1.165) is 36.8 Å². The molecule has 0 N–H and O–H groups in total. The molecule has 0 radical (unpaired) electrons. The van der Waals surface area contributed by atoms with E-state index in [1.807, 2.05) is 13.8 Å². The Hall–Kier alpha value is -1.08. The molecule has 26 heavy (non-hydrogen) atoms. The van der Waals surface area contributed by atoms with Crippen LogP contribution >= 0.6 is 23.4 Å². The molecule has 1 aromatic heterocycles. The summed E-state index contributed by atoms with van der Waals surface area (Å²) in [7, 11) is 0. The smallest absolute Gasteiger partial charge is 0.262 e. The molecule has 1 saturated heterocycles. The Morgan fingerprint density at radius 1 is 1.46 bits per heavy atom. The fraction of sp³-hybridized carbons (Fsp3) is 0.579. The monoisotopic (exact) mass is 396 g/mol. The van der Waals surface area contributed by atoms with Gasteiger partial charge in [0, 0.05) is 30.5 Å². The highest BCUT2D eigenvalue weighted by molar-refractivity contribution is 7.99. The highest BCUT2D eigenvalue weighted by atomic mass is 35.5. The number of aromatic nitrogens is 2. The molecule has 1 fully saturated rings. The fourth-order valence-electron chi connectivity index (χ4n) is 2.97. The molecule has 0 aliphatic carbocycles. The highest BCUT2D eigenvalue weighted by Crippen LogP contribution is 2.24. The van der Waals surface area contributed by atoms with Crippen molar-refractivity contribution in [1.29, 1.82) is 0 Å². The van der Waals surface area contributed by atoms with Crippen LogP contribution in [0.25, 0.3) is 10.9 Å². The third kappa shape index (κ3) is 5.00. The molecular weight excluding hydrogens is 372 g/mol. The number of thioether (sulfide) groups is 1. The summed E-state index contributed by atoms with van der Waals surface area (Å²) >= 11 is 7.67. The Bertz CT molecular complexity index is 803. The zero-order valence-electron chi connectivity index (χ0n) is 15.2. The van der Waals surface area contributed by atoms with E-state index in [1.165, 1.54) is 0 Å². The van der Waals surface area contributed by atoms with Crippen LogP contribution in [0, 0.1) is 0 Å². The van der Waals surface area contributed by atoms with Crippen LogP contribution < -0.4 is 5.56 Å². The molecule has 2 heterocycles. The average Bonchev–Trinajstić information content (AvgIpc) is 3.11. The molecule has 1 aromatic carbocycles. The van der Waals surface area contributed by atoms with E-state index >= 15 is 0 Å². The first-order chi connectivity index (χ1) is 12.5. The van der Waals surface area contributed by atoms with E-state index in [4.69, 9.17) is 26.1 Å². The van der Waals surface area contributed by atoms with Crippen LogP contribution in [0.15, 0.2) is 28.2 Å². The summed E-state index contributed by atoms with van der Waals surface area (Å²) in [6.45, 7) is 6.06. The van der Waals surface area contributed by atoms with Gasteiger partial charge in [-0.2, -0.15) is 0 Å². The van der Waals surface area contributed by atoms with Gasteiger partial charge >= 0.3 is 0 Å². The molecular formula is C19H25ClN2O3S. The molecule has 1 atom stereocenters. The van der Waals surface area contributed by atoms with Crippen LogP contribution in [0.4, 0.5) is 0 Å². The minimum Gasteiger partial charge on any atom is -0.379 e. The Labute approximate surface area is 163 Å². The van der Waals surface area contributed by atoms with Gasteiger partial charge in [-0.3, -0.25) is 9.36 Å². The number of benzene rings is 1. The number of hydrogen-bond acceptors (Lipinski definition) is 5. The zero-order chi connectivity index (χ0) is 18.5. The summed E-state index contributed by atoms with van der Waals surface area (Å²) in [5, 5.41) is 1.91. The number of ether oxygens (including phenoxy) is 2. The van der Waals surface area contributed by atoms with E-state index in [2.05, 4.69) is 0 Å². The Balaban J connectivity index is 1.84. The van der Waals surface area contributed by atoms with Gasteiger partial charge in [0.05, 0.1) is 23.1 Å². The van der Waals surface area contributed by atoms with Crippen molar-refractivity contribution in [3.63, 3.8) is 0 Å². The largest absolute Gasteiger partial charge is 0.379 e. The van der Waals surface area contributed by atoms with Crippen molar-refractivity contribution >= 4 is 34.3 Å². The average molecular weight is 397 g/mol. The van der Waals surface area contributed by atoms with Gasteiger partial charge in [-0.1, -0.05) is 23.4 Å². The standard InChI is InChI=1S/C19H25ClN2O3S/c1-13(2)24-10-4-8-22-18(23)16-7-6-14(20)11-17(16)21-19(22)26-12-15-5-3-9-25-15/h6-7,11,13,15H,3-5,8-10,12H2,1-2H3. The third-order valence-electron chi connectivity index (χ3n) is 4.28. The predicted octanol–water partition coefficient (Wildman–Crippen LogP) is 4.14. The molecule has 0 amide bonds. The van der Waals surface area contributed by atoms with Crippen molar-refractivity contribution in [3.8, 4) is 0 Å². The lowest BCUT2D eigenvalue weighted by Gasteiger charge is -2.15. The molecule has 1 aliphatic heterocycles. The summed E-state index contributed by atoms with van der Waals surface area (Å²) in [6.07, 6.45) is 3.37. The molecule has 0 saturated carbocycles. The van der Waals surface area contributed by atoms with Crippen LogP contribution in [0.3, 0.4) is 0 Å². The first-order valence-electron chi connectivity index (χ1n) is 9.10. The number of halogens is 1. The SMILES string of the molecule is CC(C)OCCCn1c(SCC2CCCO2)nc2cc(Cl)ccc2c1=O. The summed E-state index contributed by atoms with van der Waals surface area (Å²) in [6, 6.07) is 5.24. The van der Waals surface area contributed by atoms with Gasteiger partial charge in [-0.05, 0) is 51.3 Å². The van der Waals surface area contributed by atoms with Crippen molar-refractivity contribution in [3.05, 3.63) is 33.6 Å². The first-order valence-corrected chi connectivity index (χ1v) is 10.5. The van der Waals surface area contributed by atoms with E-state index in [9.17, 15) is 4.79 Å². The normalized spacial score (nSPS) is 17.5. The molecule has 2 aromatic rings. The second-order valence-corrected chi connectivity index (χ2v) is 8.16. The molecule has 1 unspecified atom stereocenters. The van der Waals surface area contributed by atoms with Gasteiger partial charge in [0.1, 0.15) is 0 Å². The van der Waals surface area contributed by atoms with E-state index in [1.54, 1.807) is 34.5 Å². The van der Waals surface area contributed by atoms with E-state index in [-0.39, 0.29) is 17.8 Å². The lowest BCUT2D eigenvalue weighted by Crippen LogP contribution is -2.25. The Morgan fingerprint density at radius 3 is 3.04 bits per heavy atom. The second-order valence-electron chi connectivity index (χ2n) is 6.73. The number of hydrogen-bond donors (Lipinski definition) is 0. The lowest BCUT2D eigenvalue weighted by molar-refractivity contribution is 0.0743. The molecule has 0 bridgehead atoms. The van der Waals surface area contributed by atoms with Gasteiger partial charge < -0.3 is 9.47 Å². The maximum atomic E-state index is 13.0.